The van der Waals surface area contributed by atoms with Crippen LogP contribution in [-0.4, -0.2) is 69.1 Å². The molecule has 1 spiro atoms. The Morgan fingerprint density at radius 3 is 2.20 bits per heavy atom. The summed E-state index contributed by atoms with van der Waals surface area (Å²) in [6, 6.07) is 0. The molecule has 2 aliphatic heterocycles. The van der Waals surface area contributed by atoms with E-state index in [0.29, 0.717) is 0 Å². The van der Waals surface area contributed by atoms with Gasteiger partial charge >= 0.3 is 6.09 Å². The van der Waals surface area contributed by atoms with Crippen molar-refractivity contribution in [3.8, 4) is 0 Å². The van der Waals surface area contributed by atoms with Crippen LogP contribution in [0.3, 0.4) is 0 Å². The van der Waals surface area contributed by atoms with E-state index in [4.69, 9.17) is 9.16 Å². The van der Waals surface area contributed by atoms with Crippen molar-refractivity contribution in [2.75, 3.05) is 39.3 Å². The molecule has 0 aromatic heterocycles. The number of rotatable bonds is 4. The largest absolute Gasteiger partial charge is 0.444 e. The fraction of sp³-hybridized carbons (Fsp3) is 0.947. The number of likely N-dealkylation sites (tertiary alicyclic amines) is 2. The first-order chi connectivity index (χ1) is 11.2. The van der Waals surface area contributed by atoms with Gasteiger partial charge in [-0.2, -0.15) is 0 Å². The number of hydrogen-bond donors (Lipinski definition) is 0. The van der Waals surface area contributed by atoms with Gasteiger partial charge in [-0.3, -0.25) is 0 Å². The highest BCUT2D eigenvalue weighted by Gasteiger charge is 2.50. The zero-order valence-corrected chi connectivity index (χ0v) is 18.6. The Bertz CT molecular complexity index is 488. The summed E-state index contributed by atoms with van der Waals surface area (Å²) in [7, 11) is -1.65. The van der Waals surface area contributed by atoms with Crippen molar-refractivity contribution < 1.29 is 14.0 Å². The van der Waals surface area contributed by atoms with Crippen molar-refractivity contribution in [1.82, 2.24) is 9.80 Å². The van der Waals surface area contributed by atoms with Crippen LogP contribution in [0.2, 0.25) is 18.1 Å². The molecule has 0 aliphatic carbocycles. The van der Waals surface area contributed by atoms with E-state index in [2.05, 4.69) is 38.8 Å². The minimum Gasteiger partial charge on any atom is -0.444 e. The summed E-state index contributed by atoms with van der Waals surface area (Å²) in [6.07, 6.45) is 1.00. The second-order valence-corrected chi connectivity index (χ2v) is 15.3. The summed E-state index contributed by atoms with van der Waals surface area (Å²) >= 11 is 0. The summed E-state index contributed by atoms with van der Waals surface area (Å²) in [4.78, 5) is 16.5. The predicted molar refractivity (Wildman–Crippen MR) is 104 cm³/mol. The lowest BCUT2D eigenvalue weighted by Crippen LogP contribution is -2.60. The van der Waals surface area contributed by atoms with Crippen LogP contribution >= 0.6 is 0 Å². The van der Waals surface area contributed by atoms with Crippen molar-refractivity contribution in [2.24, 2.45) is 5.41 Å². The Hall–Kier alpha value is -0.593. The van der Waals surface area contributed by atoms with E-state index in [0.717, 1.165) is 39.3 Å². The first-order valence-corrected chi connectivity index (χ1v) is 12.5. The van der Waals surface area contributed by atoms with Crippen LogP contribution in [0.1, 0.15) is 48.0 Å². The van der Waals surface area contributed by atoms with Crippen LogP contribution in [0.5, 0.6) is 0 Å². The van der Waals surface area contributed by atoms with E-state index in [9.17, 15) is 4.79 Å². The van der Waals surface area contributed by atoms with Gasteiger partial charge in [0, 0.05) is 38.2 Å². The highest BCUT2D eigenvalue weighted by atomic mass is 28.4. The van der Waals surface area contributed by atoms with Crippen LogP contribution < -0.4 is 0 Å². The maximum absolute atomic E-state index is 12.1. The highest BCUT2D eigenvalue weighted by molar-refractivity contribution is 6.74. The molecule has 0 radical (unpaired) electrons. The zero-order chi connectivity index (χ0) is 19.1. The van der Waals surface area contributed by atoms with Crippen LogP contribution in [0.4, 0.5) is 4.79 Å². The third-order valence-electron chi connectivity index (χ3n) is 5.90. The summed E-state index contributed by atoms with van der Waals surface area (Å²) < 4.78 is 11.8. The Kier molecular flexibility index (Phi) is 5.68. The van der Waals surface area contributed by atoms with Gasteiger partial charge in [-0.1, -0.05) is 20.8 Å². The summed E-state index contributed by atoms with van der Waals surface area (Å²) in [6.45, 7) is 22.9. The molecule has 6 heteroatoms. The molecule has 0 unspecified atom stereocenters. The number of carbonyl (C=O) groups is 1. The van der Waals surface area contributed by atoms with Crippen molar-refractivity contribution >= 4 is 14.4 Å². The second kappa shape index (κ2) is 6.85. The number of ether oxygens (including phenoxy) is 1. The number of carbonyl (C=O) groups excluding carboxylic acids is 1. The molecule has 0 saturated carbocycles. The van der Waals surface area contributed by atoms with Gasteiger partial charge in [0.05, 0.1) is 0 Å². The van der Waals surface area contributed by atoms with Gasteiger partial charge in [0.15, 0.2) is 8.32 Å². The third-order valence-corrected chi connectivity index (χ3v) is 10.4. The molecule has 0 bridgehead atoms. The molecule has 0 aromatic carbocycles. The first-order valence-electron chi connectivity index (χ1n) is 9.57. The quantitative estimate of drug-likeness (QED) is 0.703. The van der Waals surface area contributed by atoms with E-state index in [1.54, 1.807) is 0 Å². The van der Waals surface area contributed by atoms with Gasteiger partial charge in [0.2, 0.25) is 0 Å². The van der Waals surface area contributed by atoms with Crippen molar-refractivity contribution in [3.05, 3.63) is 0 Å². The average Bonchev–Trinajstić information content (AvgIpc) is 2.77. The Balaban J connectivity index is 1.72. The minimum atomic E-state index is -1.65. The first kappa shape index (κ1) is 20.7. The van der Waals surface area contributed by atoms with Crippen molar-refractivity contribution in [3.63, 3.8) is 0 Å². The lowest BCUT2D eigenvalue weighted by atomic mass is 9.79. The van der Waals surface area contributed by atoms with E-state index in [1.165, 1.54) is 6.42 Å². The van der Waals surface area contributed by atoms with Gasteiger partial charge in [-0.05, 0) is 51.9 Å². The Morgan fingerprint density at radius 1 is 1.08 bits per heavy atom. The van der Waals surface area contributed by atoms with Gasteiger partial charge < -0.3 is 19.0 Å². The molecule has 2 rings (SSSR count). The Labute approximate surface area is 155 Å². The normalized spacial score (nSPS) is 21.5. The SMILES string of the molecule is CC(C)(C)OC(=O)N1CC2(CCN(CCO[Si](C)(C)C(C)(C)C)C2)C1. The molecule has 2 aliphatic rings. The van der Waals surface area contributed by atoms with Crippen LogP contribution in [0.15, 0.2) is 0 Å². The van der Waals surface area contributed by atoms with Crippen molar-refractivity contribution in [1.29, 1.82) is 0 Å². The van der Waals surface area contributed by atoms with Gasteiger partial charge in [-0.25, -0.2) is 4.79 Å². The second-order valence-electron chi connectivity index (χ2n) is 10.5. The number of nitrogens with zero attached hydrogens (tertiary/aromatic N) is 2. The third kappa shape index (κ3) is 5.20. The monoisotopic (exact) mass is 370 g/mol. The molecule has 25 heavy (non-hydrogen) atoms. The molecule has 5 nitrogen and oxygen atoms in total. The maximum atomic E-state index is 12.1. The molecule has 0 N–H and O–H groups in total. The van der Waals surface area contributed by atoms with E-state index >= 15 is 0 Å². The predicted octanol–water partition coefficient (Wildman–Crippen LogP) is 3.95. The fourth-order valence-electron chi connectivity index (χ4n) is 3.34. The molecule has 146 valence electrons. The molecule has 2 heterocycles. The minimum absolute atomic E-state index is 0.169. The summed E-state index contributed by atoms with van der Waals surface area (Å²) in [5.41, 5.74) is -0.128. The van der Waals surface area contributed by atoms with E-state index in [1.807, 2.05) is 25.7 Å². The maximum Gasteiger partial charge on any atom is 0.410 e. The van der Waals surface area contributed by atoms with E-state index < -0.39 is 13.9 Å². The van der Waals surface area contributed by atoms with Crippen LogP contribution in [-0.2, 0) is 9.16 Å². The molecule has 1 amide bonds. The van der Waals surface area contributed by atoms with Gasteiger partial charge in [-0.15, -0.1) is 0 Å². The summed E-state index contributed by atoms with van der Waals surface area (Å²) in [5.74, 6) is 0. The molecule has 2 fully saturated rings. The van der Waals surface area contributed by atoms with Gasteiger partial charge in [0.25, 0.3) is 0 Å². The lowest BCUT2D eigenvalue weighted by Gasteiger charge is -2.48. The van der Waals surface area contributed by atoms with Crippen LogP contribution in [0.25, 0.3) is 0 Å². The zero-order valence-electron chi connectivity index (χ0n) is 17.6. The molecule has 0 aromatic rings. The van der Waals surface area contributed by atoms with Crippen molar-refractivity contribution in [2.45, 2.75) is 71.7 Å². The molecular formula is C19H38N2O3Si. The highest BCUT2D eigenvalue weighted by Crippen LogP contribution is 2.40. The average molecular weight is 371 g/mol. The fourth-order valence-corrected chi connectivity index (χ4v) is 4.38. The topological polar surface area (TPSA) is 42.0 Å². The van der Waals surface area contributed by atoms with Crippen LogP contribution in [0, 0.1) is 5.41 Å². The molecule has 2 saturated heterocycles. The Morgan fingerprint density at radius 2 is 1.68 bits per heavy atom. The standard InChI is InChI=1S/C19H38N2O3Si/c1-17(2,3)24-16(22)21-14-19(15-21)9-10-20(13-19)11-12-23-25(7,8)18(4,5)6/h9-15H2,1-8H3. The molecule has 0 atom stereocenters. The number of amides is 1. The van der Waals surface area contributed by atoms with Gasteiger partial charge in [0.1, 0.15) is 5.60 Å². The smallest absolute Gasteiger partial charge is 0.410 e. The lowest BCUT2D eigenvalue weighted by molar-refractivity contribution is -0.0307. The summed E-state index contributed by atoms with van der Waals surface area (Å²) in [5, 5.41) is 0.265. The molecular weight excluding hydrogens is 332 g/mol. The van der Waals surface area contributed by atoms with E-state index in [-0.39, 0.29) is 16.5 Å². The number of hydrogen-bond acceptors (Lipinski definition) is 4.